The van der Waals surface area contributed by atoms with Crippen molar-refractivity contribution >= 4 is 46.1 Å². The summed E-state index contributed by atoms with van der Waals surface area (Å²) < 4.78 is 9.57. The third-order valence-electron chi connectivity index (χ3n) is 11.7. The summed E-state index contributed by atoms with van der Waals surface area (Å²) in [6.07, 6.45) is 6.52. The Morgan fingerprint density at radius 1 is 0.724 bits per heavy atom. The SMILES string of the molecule is COC(=O)N[C@H](C(=O)N1CCC[C@H]1C1=NC=C(c2ccc(-c3ccc(-c4cnc([C@@H]5CCCN5C(=O)[C@@H](NC(=O)OC)C(C)C)[nH]4)c4ccccc34)cc2)C1)C(C)C. The third kappa shape index (κ3) is 8.07. The number of ether oxygens (including phenoxy) is 2. The number of fused-ring (bicyclic) bond motifs is 1. The molecule has 304 valence electrons. The predicted molar refractivity (Wildman–Crippen MR) is 224 cm³/mol. The lowest BCUT2D eigenvalue weighted by atomic mass is 9.92. The van der Waals surface area contributed by atoms with Crippen LogP contribution in [0.4, 0.5) is 9.59 Å². The van der Waals surface area contributed by atoms with E-state index in [2.05, 4.69) is 64.1 Å². The van der Waals surface area contributed by atoms with Crippen LogP contribution in [0.3, 0.4) is 0 Å². The van der Waals surface area contributed by atoms with E-state index in [-0.39, 0.29) is 35.7 Å². The molecule has 13 heteroatoms. The maximum Gasteiger partial charge on any atom is 0.407 e. The minimum atomic E-state index is -0.698. The van der Waals surface area contributed by atoms with Crippen molar-refractivity contribution in [1.82, 2.24) is 30.4 Å². The Morgan fingerprint density at radius 3 is 1.84 bits per heavy atom. The number of aromatic nitrogens is 2. The van der Waals surface area contributed by atoms with Gasteiger partial charge in [0, 0.05) is 37.0 Å². The minimum Gasteiger partial charge on any atom is -0.453 e. The zero-order chi connectivity index (χ0) is 41.1. The first-order chi connectivity index (χ1) is 28.0. The first-order valence-electron chi connectivity index (χ1n) is 20.2. The van der Waals surface area contributed by atoms with Gasteiger partial charge in [0.15, 0.2) is 0 Å². The van der Waals surface area contributed by atoms with Crippen LogP contribution in [0.2, 0.25) is 0 Å². The van der Waals surface area contributed by atoms with E-state index in [9.17, 15) is 19.2 Å². The van der Waals surface area contributed by atoms with Gasteiger partial charge in [0.1, 0.15) is 17.9 Å². The van der Waals surface area contributed by atoms with E-state index >= 15 is 0 Å². The molecule has 7 rings (SSSR count). The fraction of sp³-hybridized carbons (Fsp3) is 0.422. The van der Waals surface area contributed by atoms with Crippen molar-refractivity contribution in [3.63, 3.8) is 0 Å². The molecule has 1 aromatic heterocycles. The smallest absolute Gasteiger partial charge is 0.407 e. The van der Waals surface area contributed by atoms with Crippen LogP contribution in [0.25, 0.3) is 38.7 Å². The number of imidazole rings is 1. The molecule has 0 radical (unpaired) electrons. The molecule has 3 aliphatic rings. The average Bonchev–Trinajstić information content (AvgIpc) is 4.08. The second-order valence-electron chi connectivity index (χ2n) is 16.0. The van der Waals surface area contributed by atoms with Gasteiger partial charge in [0.2, 0.25) is 11.8 Å². The molecular weight excluding hydrogens is 735 g/mol. The van der Waals surface area contributed by atoms with E-state index in [1.807, 2.05) is 62.0 Å². The number of allylic oxidation sites excluding steroid dienone is 1. The summed E-state index contributed by atoms with van der Waals surface area (Å²) in [7, 11) is 2.59. The molecule has 4 heterocycles. The molecule has 4 aromatic rings. The number of aromatic amines is 1. The summed E-state index contributed by atoms with van der Waals surface area (Å²) in [5.41, 5.74) is 7.22. The molecule has 3 aliphatic heterocycles. The van der Waals surface area contributed by atoms with Crippen molar-refractivity contribution in [2.75, 3.05) is 27.3 Å². The number of benzene rings is 3. The molecule has 4 atom stereocenters. The Labute approximate surface area is 339 Å². The number of amides is 4. The largest absolute Gasteiger partial charge is 0.453 e. The molecule has 0 spiro atoms. The summed E-state index contributed by atoms with van der Waals surface area (Å²) in [6, 6.07) is 19.5. The number of nitrogens with one attached hydrogen (secondary N) is 3. The molecular formula is C45H53N7O6. The van der Waals surface area contributed by atoms with Crippen LogP contribution in [0.15, 0.2) is 78.1 Å². The number of carbonyl (C=O) groups excluding carboxylic acids is 4. The van der Waals surface area contributed by atoms with Crippen molar-refractivity contribution in [2.24, 2.45) is 16.8 Å². The number of hydrogen-bond acceptors (Lipinski definition) is 8. The third-order valence-corrected chi connectivity index (χ3v) is 11.7. The predicted octanol–water partition coefficient (Wildman–Crippen LogP) is 7.50. The van der Waals surface area contributed by atoms with Crippen LogP contribution in [0, 0.1) is 11.8 Å². The maximum absolute atomic E-state index is 13.7. The van der Waals surface area contributed by atoms with Gasteiger partial charge >= 0.3 is 12.2 Å². The van der Waals surface area contributed by atoms with Crippen molar-refractivity contribution < 1.29 is 28.7 Å². The minimum absolute atomic E-state index is 0.0910. The van der Waals surface area contributed by atoms with Gasteiger partial charge in [-0.3, -0.25) is 14.6 Å². The van der Waals surface area contributed by atoms with E-state index in [0.29, 0.717) is 19.5 Å². The quantitative estimate of drug-likeness (QED) is 0.142. The van der Waals surface area contributed by atoms with Gasteiger partial charge in [0.05, 0.1) is 38.2 Å². The summed E-state index contributed by atoms with van der Waals surface area (Å²) >= 11 is 0. The van der Waals surface area contributed by atoms with Gasteiger partial charge in [-0.25, -0.2) is 14.6 Å². The highest BCUT2D eigenvalue weighted by Crippen LogP contribution is 2.38. The first-order valence-corrected chi connectivity index (χ1v) is 20.2. The zero-order valence-electron chi connectivity index (χ0n) is 34.1. The maximum atomic E-state index is 13.7. The average molecular weight is 788 g/mol. The van der Waals surface area contributed by atoms with Gasteiger partial charge in [-0.2, -0.15) is 0 Å². The zero-order valence-corrected chi connectivity index (χ0v) is 34.1. The summed E-state index contributed by atoms with van der Waals surface area (Å²) in [4.78, 5) is 68.2. The molecule has 0 bridgehead atoms. The number of aliphatic imine (C=N–C) groups is 1. The van der Waals surface area contributed by atoms with Crippen LogP contribution in [-0.4, -0.2) is 94.9 Å². The highest BCUT2D eigenvalue weighted by atomic mass is 16.5. The normalized spacial score (nSPS) is 19.0. The van der Waals surface area contributed by atoms with Crippen LogP contribution in [0.5, 0.6) is 0 Å². The molecule has 0 aliphatic carbocycles. The van der Waals surface area contributed by atoms with Crippen molar-refractivity contribution in [3.05, 3.63) is 84.4 Å². The second kappa shape index (κ2) is 17.3. The number of methoxy groups -OCH3 is 2. The van der Waals surface area contributed by atoms with Crippen molar-refractivity contribution in [3.8, 4) is 22.4 Å². The molecule has 3 aromatic carbocycles. The van der Waals surface area contributed by atoms with E-state index in [1.54, 1.807) is 0 Å². The highest BCUT2D eigenvalue weighted by Gasteiger charge is 2.39. The lowest BCUT2D eigenvalue weighted by Crippen LogP contribution is -2.53. The molecule has 3 N–H and O–H groups in total. The van der Waals surface area contributed by atoms with Gasteiger partial charge in [-0.05, 0) is 70.6 Å². The Kier molecular flexibility index (Phi) is 12.0. The van der Waals surface area contributed by atoms with Crippen LogP contribution < -0.4 is 10.6 Å². The number of nitrogens with zero attached hydrogens (tertiary/aromatic N) is 4. The Bertz CT molecular complexity index is 2240. The Morgan fingerprint density at radius 2 is 1.26 bits per heavy atom. The van der Waals surface area contributed by atoms with Crippen molar-refractivity contribution in [2.45, 2.75) is 84.0 Å². The fourth-order valence-corrected chi connectivity index (χ4v) is 8.57. The van der Waals surface area contributed by atoms with Gasteiger partial charge in [0.25, 0.3) is 0 Å². The molecule has 0 unspecified atom stereocenters. The van der Waals surface area contributed by atoms with Gasteiger partial charge in [-0.15, -0.1) is 0 Å². The number of carbonyl (C=O) groups is 4. The molecule has 13 nitrogen and oxygen atoms in total. The first kappa shape index (κ1) is 40.2. The van der Waals surface area contributed by atoms with Crippen LogP contribution in [-0.2, 0) is 19.1 Å². The van der Waals surface area contributed by atoms with Crippen LogP contribution >= 0.6 is 0 Å². The van der Waals surface area contributed by atoms with Gasteiger partial charge < -0.3 is 34.9 Å². The van der Waals surface area contributed by atoms with Crippen molar-refractivity contribution in [1.29, 1.82) is 0 Å². The molecule has 58 heavy (non-hydrogen) atoms. The topological polar surface area (TPSA) is 158 Å². The van der Waals surface area contributed by atoms with E-state index in [0.717, 1.165) is 81.5 Å². The number of H-pyrrole nitrogens is 1. The number of rotatable bonds is 11. The lowest BCUT2D eigenvalue weighted by molar-refractivity contribution is -0.135. The Hall–Kier alpha value is -5.98. The summed E-state index contributed by atoms with van der Waals surface area (Å²) in [5, 5.41) is 7.62. The summed E-state index contributed by atoms with van der Waals surface area (Å²) in [5.74, 6) is 0.274. The molecule has 2 saturated heterocycles. The fourth-order valence-electron chi connectivity index (χ4n) is 8.57. The number of hydrogen-bond donors (Lipinski definition) is 3. The Balaban J connectivity index is 1.06. The van der Waals surface area contributed by atoms with E-state index in [4.69, 9.17) is 19.5 Å². The van der Waals surface area contributed by atoms with E-state index < -0.39 is 24.3 Å². The van der Waals surface area contributed by atoms with Gasteiger partial charge in [-0.1, -0.05) is 88.4 Å². The molecule has 4 amide bonds. The van der Waals surface area contributed by atoms with E-state index in [1.165, 1.54) is 14.2 Å². The second-order valence-corrected chi connectivity index (χ2v) is 16.0. The lowest BCUT2D eigenvalue weighted by Gasteiger charge is -2.31. The standard InChI is InChI=1S/C45H53N7O6/c1-26(2)39(49-44(55)57-5)42(53)51-21-9-13-37(51)35-23-30(24-46-35)28-15-17-29(18-16-28)31-19-20-34(33-12-8-7-11-32(31)33)36-25-47-41(48-36)38-14-10-22-52(38)43(54)40(27(3)4)50-45(56)58-6/h7-8,11-12,15-20,24-27,37-40H,9-10,13-14,21-23H2,1-6H3,(H,47,48)(H,49,55)(H,50,56)/t37-,38-,39-,40-/m0/s1. The van der Waals surface area contributed by atoms with Crippen LogP contribution in [0.1, 0.15) is 77.2 Å². The monoisotopic (exact) mass is 787 g/mol. The summed E-state index contributed by atoms with van der Waals surface area (Å²) in [6.45, 7) is 8.86. The highest BCUT2D eigenvalue weighted by molar-refractivity contribution is 6.06. The molecule has 2 fully saturated rings. The number of likely N-dealkylation sites (tertiary alicyclic amines) is 2. The molecule has 0 saturated carbocycles. The number of alkyl carbamates (subject to hydrolysis) is 2.